The summed E-state index contributed by atoms with van der Waals surface area (Å²) in [6.07, 6.45) is 3.38. The van der Waals surface area contributed by atoms with Crippen molar-refractivity contribution in [1.82, 2.24) is 15.1 Å². The van der Waals surface area contributed by atoms with Crippen molar-refractivity contribution in [3.8, 4) is 22.2 Å². The highest BCUT2D eigenvalue weighted by Gasteiger charge is 2.18. The second-order valence-electron chi connectivity index (χ2n) is 4.40. The lowest BCUT2D eigenvalue weighted by atomic mass is 10.2. The Bertz CT molecular complexity index is 917. The summed E-state index contributed by atoms with van der Waals surface area (Å²) < 4.78 is 6.46. The van der Waals surface area contributed by atoms with Crippen LogP contribution in [0.2, 0.25) is 5.02 Å². The molecular formula is C15H8ClN3OS. The molecule has 3 heterocycles. The van der Waals surface area contributed by atoms with Crippen LogP contribution in [0.3, 0.4) is 0 Å². The van der Waals surface area contributed by atoms with E-state index in [0.29, 0.717) is 16.7 Å². The summed E-state index contributed by atoms with van der Waals surface area (Å²) in [6.45, 7) is 0. The van der Waals surface area contributed by atoms with Crippen LogP contribution in [0.4, 0.5) is 0 Å². The van der Waals surface area contributed by atoms with E-state index in [4.69, 9.17) is 16.1 Å². The quantitative estimate of drug-likeness (QED) is 0.540. The van der Waals surface area contributed by atoms with E-state index in [2.05, 4.69) is 15.1 Å². The van der Waals surface area contributed by atoms with Gasteiger partial charge in [0.25, 0.3) is 5.89 Å². The van der Waals surface area contributed by atoms with Crippen LogP contribution in [-0.2, 0) is 0 Å². The van der Waals surface area contributed by atoms with Gasteiger partial charge in [-0.05, 0) is 18.2 Å². The molecule has 4 rings (SSSR count). The van der Waals surface area contributed by atoms with Crippen molar-refractivity contribution >= 4 is 33.0 Å². The Morgan fingerprint density at radius 1 is 1.05 bits per heavy atom. The normalized spacial score (nSPS) is 11.1. The van der Waals surface area contributed by atoms with Gasteiger partial charge in [-0.2, -0.15) is 4.98 Å². The van der Waals surface area contributed by atoms with Gasteiger partial charge in [0.1, 0.15) is 4.88 Å². The van der Waals surface area contributed by atoms with Gasteiger partial charge >= 0.3 is 0 Å². The molecule has 0 bridgehead atoms. The van der Waals surface area contributed by atoms with Crippen LogP contribution in [0.15, 0.2) is 53.3 Å². The highest BCUT2D eigenvalue weighted by Crippen LogP contribution is 2.41. The van der Waals surface area contributed by atoms with E-state index >= 15 is 0 Å². The van der Waals surface area contributed by atoms with Gasteiger partial charge in [0, 0.05) is 28.0 Å². The smallest absolute Gasteiger partial charge is 0.269 e. The lowest BCUT2D eigenvalue weighted by Gasteiger charge is -1.90. The maximum Gasteiger partial charge on any atom is 0.269 e. The Labute approximate surface area is 129 Å². The molecule has 4 aromatic rings. The molecule has 0 amide bonds. The monoisotopic (exact) mass is 313 g/mol. The molecule has 0 fully saturated rings. The summed E-state index contributed by atoms with van der Waals surface area (Å²) in [4.78, 5) is 9.20. The van der Waals surface area contributed by atoms with E-state index in [9.17, 15) is 0 Å². The first kappa shape index (κ1) is 12.5. The summed E-state index contributed by atoms with van der Waals surface area (Å²) in [5.41, 5.74) is 0.859. The van der Waals surface area contributed by atoms with Gasteiger partial charge in [-0.3, -0.25) is 4.98 Å². The first-order valence-electron chi connectivity index (χ1n) is 6.24. The van der Waals surface area contributed by atoms with Gasteiger partial charge in [0.2, 0.25) is 5.82 Å². The molecule has 0 aliphatic heterocycles. The third kappa shape index (κ3) is 2.11. The third-order valence-electron chi connectivity index (χ3n) is 3.09. The van der Waals surface area contributed by atoms with Crippen LogP contribution >= 0.6 is 22.9 Å². The van der Waals surface area contributed by atoms with E-state index < -0.39 is 0 Å². The van der Waals surface area contributed by atoms with Crippen molar-refractivity contribution < 1.29 is 4.52 Å². The van der Waals surface area contributed by atoms with Crippen molar-refractivity contribution in [2.24, 2.45) is 0 Å². The molecule has 0 aliphatic carbocycles. The number of nitrogens with zero attached hydrogens (tertiary/aromatic N) is 3. The Balaban J connectivity index is 1.83. The fourth-order valence-electron chi connectivity index (χ4n) is 2.09. The largest absolute Gasteiger partial charge is 0.333 e. The molecule has 0 aliphatic rings. The molecule has 21 heavy (non-hydrogen) atoms. The fraction of sp³-hybridized carbons (Fsp3) is 0. The molecule has 0 N–H and O–H groups in total. The van der Waals surface area contributed by atoms with Crippen molar-refractivity contribution in [2.45, 2.75) is 0 Å². The molecule has 0 radical (unpaired) electrons. The second-order valence-corrected chi connectivity index (χ2v) is 5.83. The number of halogens is 1. The predicted octanol–water partition coefficient (Wildman–Crippen LogP) is 4.67. The highest BCUT2D eigenvalue weighted by atomic mass is 35.5. The fourth-order valence-corrected chi connectivity index (χ4v) is 3.52. The van der Waals surface area contributed by atoms with Gasteiger partial charge in [-0.25, -0.2) is 0 Å². The third-order valence-corrected chi connectivity index (χ3v) is 4.76. The standard InChI is InChI=1S/C15H8ClN3OS/c16-12-10-3-1-2-4-11(10)21-13(12)15-18-14(19-20-15)9-5-7-17-8-6-9/h1-8H. The van der Waals surface area contributed by atoms with Gasteiger partial charge < -0.3 is 4.52 Å². The number of benzene rings is 1. The first-order chi connectivity index (χ1) is 10.3. The molecule has 3 aromatic heterocycles. The van der Waals surface area contributed by atoms with Crippen molar-refractivity contribution in [1.29, 1.82) is 0 Å². The molecule has 0 saturated heterocycles. The zero-order valence-electron chi connectivity index (χ0n) is 10.7. The average Bonchev–Trinajstić information content (AvgIpc) is 3.14. The van der Waals surface area contributed by atoms with Crippen LogP contribution in [0.1, 0.15) is 0 Å². The lowest BCUT2D eigenvalue weighted by Crippen LogP contribution is -1.80. The van der Waals surface area contributed by atoms with Gasteiger partial charge in [-0.1, -0.05) is 35.0 Å². The molecule has 0 spiro atoms. The summed E-state index contributed by atoms with van der Waals surface area (Å²) in [5, 5.41) is 5.66. The van der Waals surface area contributed by atoms with Gasteiger partial charge in [-0.15, -0.1) is 11.3 Å². The molecule has 4 nitrogen and oxygen atoms in total. The average molecular weight is 314 g/mol. The number of hydrogen-bond donors (Lipinski definition) is 0. The molecule has 0 unspecified atom stereocenters. The van der Waals surface area contributed by atoms with E-state index in [1.165, 1.54) is 0 Å². The summed E-state index contributed by atoms with van der Waals surface area (Å²) in [5.74, 6) is 0.967. The number of aromatic nitrogens is 3. The van der Waals surface area contributed by atoms with E-state index in [1.807, 2.05) is 36.4 Å². The number of thiophene rings is 1. The van der Waals surface area contributed by atoms with Crippen molar-refractivity contribution in [2.75, 3.05) is 0 Å². The summed E-state index contributed by atoms with van der Waals surface area (Å²) in [6, 6.07) is 11.6. The van der Waals surface area contributed by atoms with Crippen molar-refractivity contribution in [3.63, 3.8) is 0 Å². The molecule has 102 valence electrons. The lowest BCUT2D eigenvalue weighted by molar-refractivity contribution is 0.433. The van der Waals surface area contributed by atoms with E-state index in [1.54, 1.807) is 23.7 Å². The zero-order valence-corrected chi connectivity index (χ0v) is 12.2. The number of pyridine rings is 1. The maximum atomic E-state index is 6.42. The second kappa shape index (κ2) is 4.95. The minimum atomic E-state index is 0.438. The summed E-state index contributed by atoms with van der Waals surface area (Å²) >= 11 is 7.96. The minimum Gasteiger partial charge on any atom is -0.333 e. The van der Waals surface area contributed by atoms with Crippen LogP contribution in [0.25, 0.3) is 32.2 Å². The summed E-state index contributed by atoms with van der Waals surface area (Å²) in [7, 11) is 0. The number of hydrogen-bond acceptors (Lipinski definition) is 5. The molecule has 0 saturated carbocycles. The van der Waals surface area contributed by atoms with Crippen LogP contribution in [0, 0.1) is 0 Å². The Kier molecular flexibility index (Phi) is 2.94. The topological polar surface area (TPSA) is 51.8 Å². The maximum absolute atomic E-state index is 6.42. The number of fused-ring (bicyclic) bond motifs is 1. The molecule has 0 atom stereocenters. The Hall–Kier alpha value is -2.24. The molecular weight excluding hydrogens is 306 g/mol. The van der Waals surface area contributed by atoms with Crippen LogP contribution < -0.4 is 0 Å². The SMILES string of the molecule is Clc1c(-c2nc(-c3ccncc3)no2)sc2ccccc12. The van der Waals surface area contributed by atoms with E-state index in [0.717, 1.165) is 20.5 Å². The van der Waals surface area contributed by atoms with E-state index in [-0.39, 0.29) is 0 Å². The predicted molar refractivity (Wildman–Crippen MR) is 83.4 cm³/mol. The minimum absolute atomic E-state index is 0.438. The molecule has 6 heteroatoms. The van der Waals surface area contributed by atoms with Crippen LogP contribution in [-0.4, -0.2) is 15.1 Å². The zero-order chi connectivity index (χ0) is 14.2. The molecule has 1 aromatic carbocycles. The van der Waals surface area contributed by atoms with Gasteiger partial charge in [0.05, 0.1) is 5.02 Å². The van der Waals surface area contributed by atoms with Crippen LogP contribution in [0.5, 0.6) is 0 Å². The number of rotatable bonds is 2. The van der Waals surface area contributed by atoms with Crippen molar-refractivity contribution in [3.05, 3.63) is 53.8 Å². The Morgan fingerprint density at radius 2 is 1.86 bits per heavy atom. The first-order valence-corrected chi connectivity index (χ1v) is 7.44. The Morgan fingerprint density at radius 3 is 2.67 bits per heavy atom. The van der Waals surface area contributed by atoms with Gasteiger partial charge in [0.15, 0.2) is 0 Å². The highest BCUT2D eigenvalue weighted by molar-refractivity contribution is 7.23.